The molecular formula is C47H38N2. The lowest BCUT2D eigenvalue weighted by molar-refractivity contribution is 0.595. The van der Waals surface area contributed by atoms with Gasteiger partial charge in [0.25, 0.3) is 0 Å². The SMILES string of the molecule is C=Cc1cccc(N(C2=CCC(C)(c3ccc(N(c4ccccc4)c4cccc5ccccc45)cc3)C=C2)c2cccc3ccccc23)c1. The molecule has 0 radical (unpaired) electrons. The summed E-state index contributed by atoms with van der Waals surface area (Å²) in [5, 5.41) is 4.91. The second-order valence-electron chi connectivity index (χ2n) is 12.9. The zero-order valence-corrected chi connectivity index (χ0v) is 27.7. The lowest BCUT2D eigenvalue weighted by Crippen LogP contribution is -2.24. The summed E-state index contributed by atoms with van der Waals surface area (Å²) in [6.07, 6.45) is 9.86. The van der Waals surface area contributed by atoms with E-state index in [1.165, 1.54) is 32.8 Å². The average Bonchev–Trinajstić information content (AvgIpc) is 3.17. The van der Waals surface area contributed by atoms with E-state index < -0.39 is 0 Å². The summed E-state index contributed by atoms with van der Waals surface area (Å²) in [4.78, 5) is 4.75. The van der Waals surface area contributed by atoms with Crippen molar-refractivity contribution >= 4 is 56.1 Å². The third kappa shape index (κ3) is 5.72. The normalized spacial score (nSPS) is 15.6. The monoisotopic (exact) mass is 630 g/mol. The van der Waals surface area contributed by atoms with E-state index in [0.29, 0.717) is 0 Å². The van der Waals surface area contributed by atoms with Gasteiger partial charge < -0.3 is 9.80 Å². The quantitative estimate of drug-likeness (QED) is 0.165. The van der Waals surface area contributed by atoms with E-state index in [2.05, 4.69) is 205 Å². The Balaban J connectivity index is 1.15. The van der Waals surface area contributed by atoms with E-state index in [1.807, 2.05) is 6.08 Å². The molecule has 0 saturated carbocycles. The summed E-state index contributed by atoms with van der Waals surface area (Å²) in [6.45, 7) is 6.37. The zero-order chi connectivity index (χ0) is 33.2. The Hall–Kier alpha value is -6.12. The Morgan fingerprint density at radius 2 is 1.10 bits per heavy atom. The van der Waals surface area contributed by atoms with Crippen molar-refractivity contribution in [3.05, 3.63) is 205 Å². The second-order valence-corrected chi connectivity index (χ2v) is 12.9. The van der Waals surface area contributed by atoms with Crippen molar-refractivity contribution < 1.29 is 0 Å². The number of allylic oxidation sites excluding steroid dienone is 3. The third-order valence-corrected chi connectivity index (χ3v) is 9.79. The van der Waals surface area contributed by atoms with Crippen LogP contribution < -0.4 is 9.80 Å². The van der Waals surface area contributed by atoms with E-state index in [1.54, 1.807) is 0 Å². The standard InChI is InChI=1S/C47H38N2/c1-3-35-14-11-21-42(34-35)49(46-25-13-18-37-16-8-10-23-44(37)46)41-30-32-47(2,33-31-41)38-26-28-40(29-27-38)48(39-19-5-4-6-20-39)45-24-12-17-36-15-7-9-22-43(36)45/h3-32,34H,1,33H2,2H3. The maximum absolute atomic E-state index is 4.03. The first-order valence-corrected chi connectivity index (χ1v) is 16.9. The average molecular weight is 631 g/mol. The summed E-state index contributed by atoms with van der Waals surface area (Å²) < 4.78 is 0. The molecule has 0 fully saturated rings. The maximum atomic E-state index is 4.03. The fourth-order valence-electron chi connectivity index (χ4n) is 7.12. The van der Waals surface area contributed by atoms with Crippen LogP contribution in [0.15, 0.2) is 194 Å². The highest BCUT2D eigenvalue weighted by atomic mass is 15.2. The van der Waals surface area contributed by atoms with Crippen molar-refractivity contribution in [3.63, 3.8) is 0 Å². The molecule has 49 heavy (non-hydrogen) atoms. The van der Waals surface area contributed by atoms with E-state index in [4.69, 9.17) is 0 Å². The molecule has 0 aromatic heterocycles. The van der Waals surface area contributed by atoms with Gasteiger partial charge in [0.2, 0.25) is 0 Å². The lowest BCUT2D eigenvalue weighted by Gasteiger charge is -2.34. The summed E-state index contributed by atoms with van der Waals surface area (Å²) in [5.74, 6) is 0. The predicted molar refractivity (Wildman–Crippen MR) is 210 cm³/mol. The molecule has 1 atom stereocenters. The molecule has 0 bridgehead atoms. The molecule has 1 unspecified atom stereocenters. The minimum atomic E-state index is -0.146. The molecule has 236 valence electrons. The van der Waals surface area contributed by atoms with Crippen LogP contribution in [-0.2, 0) is 5.41 Å². The first-order valence-electron chi connectivity index (χ1n) is 16.9. The van der Waals surface area contributed by atoms with Gasteiger partial charge in [0, 0.05) is 38.9 Å². The van der Waals surface area contributed by atoms with Crippen LogP contribution >= 0.6 is 0 Å². The molecule has 0 spiro atoms. The number of para-hydroxylation sites is 1. The van der Waals surface area contributed by atoms with E-state index >= 15 is 0 Å². The minimum Gasteiger partial charge on any atom is -0.310 e. The van der Waals surface area contributed by atoms with Crippen molar-refractivity contribution in [2.45, 2.75) is 18.8 Å². The number of benzene rings is 7. The van der Waals surface area contributed by atoms with E-state index in [9.17, 15) is 0 Å². The van der Waals surface area contributed by atoms with Gasteiger partial charge in [-0.3, -0.25) is 0 Å². The Morgan fingerprint density at radius 3 is 1.73 bits per heavy atom. The Kier molecular flexibility index (Phi) is 7.91. The molecule has 0 heterocycles. The van der Waals surface area contributed by atoms with Gasteiger partial charge in [-0.15, -0.1) is 0 Å². The number of fused-ring (bicyclic) bond motifs is 2. The highest BCUT2D eigenvalue weighted by Crippen LogP contribution is 2.43. The second kappa shape index (κ2) is 12.8. The van der Waals surface area contributed by atoms with Gasteiger partial charge in [0.1, 0.15) is 0 Å². The van der Waals surface area contributed by atoms with Gasteiger partial charge in [-0.2, -0.15) is 0 Å². The zero-order valence-electron chi connectivity index (χ0n) is 27.7. The Morgan fingerprint density at radius 1 is 0.551 bits per heavy atom. The third-order valence-electron chi connectivity index (χ3n) is 9.79. The van der Waals surface area contributed by atoms with Crippen molar-refractivity contribution in [3.8, 4) is 0 Å². The van der Waals surface area contributed by atoms with E-state index in [0.717, 1.165) is 40.4 Å². The predicted octanol–water partition coefficient (Wildman–Crippen LogP) is 13.0. The molecule has 8 rings (SSSR count). The first-order chi connectivity index (χ1) is 24.1. The van der Waals surface area contributed by atoms with Crippen molar-refractivity contribution in [1.82, 2.24) is 0 Å². The number of hydrogen-bond donors (Lipinski definition) is 0. The number of hydrogen-bond acceptors (Lipinski definition) is 2. The number of rotatable bonds is 8. The molecule has 0 N–H and O–H groups in total. The van der Waals surface area contributed by atoms with Gasteiger partial charge in [0.15, 0.2) is 0 Å². The largest absolute Gasteiger partial charge is 0.310 e. The molecule has 0 amide bonds. The number of nitrogens with zero attached hydrogens (tertiary/aromatic N) is 2. The summed E-state index contributed by atoms with van der Waals surface area (Å²) in [5.41, 5.74) is 9.13. The lowest BCUT2D eigenvalue weighted by atomic mass is 9.76. The van der Waals surface area contributed by atoms with Crippen LogP contribution in [0.2, 0.25) is 0 Å². The van der Waals surface area contributed by atoms with Gasteiger partial charge in [0.05, 0.1) is 11.4 Å². The van der Waals surface area contributed by atoms with E-state index in [-0.39, 0.29) is 5.41 Å². The molecule has 0 aliphatic heterocycles. The summed E-state index contributed by atoms with van der Waals surface area (Å²) in [7, 11) is 0. The van der Waals surface area contributed by atoms with Crippen LogP contribution in [0.3, 0.4) is 0 Å². The fraction of sp³-hybridized carbons (Fsp3) is 0.0638. The fourth-order valence-corrected chi connectivity index (χ4v) is 7.12. The minimum absolute atomic E-state index is 0.146. The molecule has 7 aromatic carbocycles. The van der Waals surface area contributed by atoms with Gasteiger partial charge in [-0.05, 0) is 82.9 Å². The van der Waals surface area contributed by atoms with Crippen LogP contribution in [0, 0.1) is 0 Å². The van der Waals surface area contributed by atoms with Gasteiger partial charge >= 0.3 is 0 Å². The first kappa shape index (κ1) is 30.2. The van der Waals surface area contributed by atoms with Crippen LogP contribution in [0.5, 0.6) is 0 Å². The van der Waals surface area contributed by atoms with Crippen molar-refractivity contribution in [2.24, 2.45) is 0 Å². The van der Waals surface area contributed by atoms with Crippen LogP contribution in [0.4, 0.5) is 28.4 Å². The smallest absolute Gasteiger partial charge is 0.0540 e. The summed E-state index contributed by atoms with van der Waals surface area (Å²) >= 11 is 0. The van der Waals surface area contributed by atoms with Crippen LogP contribution in [0.25, 0.3) is 27.6 Å². The molecule has 2 nitrogen and oxygen atoms in total. The molecule has 2 heteroatoms. The van der Waals surface area contributed by atoms with Crippen LogP contribution in [-0.4, -0.2) is 0 Å². The van der Waals surface area contributed by atoms with Crippen LogP contribution in [0.1, 0.15) is 24.5 Å². The van der Waals surface area contributed by atoms with Gasteiger partial charge in [-0.25, -0.2) is 0 Å². The number of anilines is 5. The maximum Gasteiger partial charge on any atom is 0.0540 e. The highest BCUT2D eigenvalue weighted by Gasteiger charge is 2.28. The molecule has 7 aromatic rings. The Bertz CT molecular complexity index is 2340. The topological polar surface area (TPSA) is 6.48 Å². The van der Waals surface area contributed by atoms with Crippen molar-refractivity contribution in [1.29, 1.82) is 0 Å². The molecule has 1 aliphatic rings. The molecule has 1 aliphatic carbocycles. The van der Waals surface area contributed by atoms with Crippen molar-refractivity contribution in [2.75, 3.05) is 9.80 Å². The molecule has 0 saturated heterocycles. The highest BCUT2D eigenvalue weighted by molar-refractivity contribution is 5.99. The van der Waals surface area contributed by atoms with Gasteiger partial charge in [-0.1, -0.05) is 147 Å². The molecular weight excluding hydrogens is 593 g/mol. The Labute approximate surface area is 289 Å². The summed E-state index contributed by atoms with van der Waals surface area (Å²) in [6, 6.07) is 58.7.